The van der Waals surface area contributed by atoms with Crippen LogP contribution in [-0.2, 0) is 9.59 Å². The lowest BCUT2D eigenvalue weighted by atomic mass is 10.2. The molecule has 1 aliphatic heterocycles. The van der Waals surface area contributed by atoms with Crippen molar-refractivity contribution in [1.29, 1.82) is 0 Å². The van der Waals surface area contributed by atoms with Gasteiger partial charge in [0, 0.05) is 51.1 Å². The summed E-state index contributed by atoms with van der Waals surface area (Å²) in [6, 6.07) is 8.01. The van der Waals surface area contributed by atoms with Crippen molar-refractivity contribution in [3.8, 4) is 16.9 Å². The van der Waals surface area contributed by atoms with E-state index in [0.29, 0.717) is 19.0 Å². The van der Waals surface area contributed by atoms with E-state index in [1.54, 1.807) is 36.1 Å². The predicted octanol–water partition coefficient (Wildman–Crippen LogP) is 3.16. The first kappa shape index (κ1) is 25.6. The van der Waals surface area contributed by atoms with Crippen LogP contribution in [0, 0.1) is 5.82 Å². The zero-order chi connectivity index (χ0) is 25.6. The molecule has 2 aromatic heterocycles. The first-order valence-corrected chi connectivity index (χ1v) is 10.5. The maximum atomic E-state index is 13.1. The van der Waals surface area contributed by atoms with Crippen LogP contribution >= 0.6 is 0 Å². The van der Waals surface area contributed by atoms with Gasteiger partial charge >= 0.3 is 12.1 Å². The van der Waals surface area contributed by atoms with Crippen LogP contribution in [0.15, 0.2) is 48.9 Å². The Morgan fingerprint density at radius 2 is 1.71 bits per heavy atom. The molecule has 1 N–H and O–H groups in total. The van der Waals surface area contributed by atoms with Gasteiger partial charge in [-0.15, -0.1) is 0 Å². The third kappa shape index (κ3) is 6.98. The van der Waals surface area contributed by atoms with Gasteiger partial charge in [-0.2, -0.15) is 18.3 Å². The Hall–Kier alpha value is -4.03. The molecule has 35 heavy (non-hydrogen) atoms. The molecule has 1 saturated heterocycles. The van der Waals surface area contributed by atoms with Crippen molar-refractivity contribution in [2.45, 2.75) is 19.5 Å². The standard InChI is InChI=1S/C20H21FN6O.C2HF3O2/c1-15(28)25-9-2-10-26(12-11-25)20-22-8-7-19(24-20)16-13-23-27(14-16)18-5-3-17(21)4-6-18;3-2(4,5)1(6)7/h3-8,13-14H,2,9-12H2,1H3;(H,6,7). The van der Waals surface area contributed by atoms with E-state index >= 15 is 0 Å². The highest BCUT2D eigenvalue weighted by atomic mass is 19.4. The molecule has 1 aromatic carbocycles. The van der Waals surface area contributed by atoms with E-state index in [9.17, 15) is 22.4 Å². The van der Waals surface area contributed by atoms with Gasteiger partial charge in [0.25, 0.3) is 0 Å². The van der Waals surface area contributed by atoms with Gasteiger partial charge in [-0.3, -0.25) is 4.79 Å². The zero-order valence-corrected chi connectivity index (χ0v) is 18.6. The molecule has 0 aliphatic carbocycles. The molecule has 3 aromatic rings. The van der Waals surface area contributed by atoms with Gasteiger partial charge in [0.2, 0.25) is 11.9 Å². The molecular formula is C22H22F4N6O3. The second-order valence-corrected chi connectivity index (χ2v) is 7.54. The summed E-state index contributed by atoms with van der Waals surface area (Å²) in [4.78, 5) is 33.6. The Morgan fingerprint density at radius 3 is 2.34 bits per heavy atom. The number of hydrogen-bond acceptors (Lipinski definition) is 6. The quantitative estimate of drug-likeness (QED) is 0.558. The van der Waals surface area contributed by atoms with Crippen molar-refractivity contribution in [2.75, 3.05) is 31.1 Å². The van der Waals surface area contributed by atoms with Crippen molar-refractivity contribution in [1.82, 2.24) is 24.6 Å². The van der Waals surface area contributed by atoms with Crippen LogP contribution < -0.4 is 4.90 Å². The van der Waals surface area contributed by atoms with Gasteiger partial charge in [-0.25, -0.2) is 23.8 Å². The average molecular weight is 494 g/mol. The summed E-state index contributed by atoms with van der Waals surface area (Å²) in [7, 11) is 0. The minimum absolute atomic E-state index is 0.102. The fourth-order valence-corrected chi connectivity index (χ4v) is 3.28. The average Bonchev–Trinajstić information content (AvgIpc) is 3.17. The first-order valence-electron chi connectivity index (χ1n) is 10.5. The molecule has 1 fully saturated rings. The molecule has 1 aliphatic rings. The van der Waals surface area contributed by atoms with Crippen LogP contribution in [0.4, 0.5) is 23.5 Å². The molecule has 0 spiro atoms. The minimum Gasteiger partial charge on any atom is -0.475 e. The number of carbonyl (C=O) groups excluding carboxylic acids is 1. The monoisotopic (exact) mass is 494 g/mol. The SMILES string of the molecule is CC(=O)N1CCCN(c2nccc(-c3cnn(-c4ccc(F)cc4)c3)n2)CC1.O=C(O)C(F)(F)F. The fraction of sp³-hybridized carbons (Fsp3) is 0.318. The van der Waals surface area contributed by atoms with Crippen molar-refractivity contribution >= 4 is 17.8 Å². The lowest BCUT2D eigenvalue weighted by Crippen LogP contribution is -2.34. The Balaban J connectivity index is 0.000000429. The summed E-state index contributed by atoms with van der Waals surface area (Å²) in [5, 5.41) is 11.5. The van der Waals surface area contributed by atoms with Crippen LogP contribution in [0.25, 0.3) is 16.9 Å². The lowest BCUT2D eigenvalue weighted by molar-refractivity contribution is -0.192. The maximum Gasteiger partial charge on any atom is 0.490 e. The highest BCUT2D eigenvalue weighted by Crippen LogP contribution is 2.21. The fourth-order valence-electron chi connectivity index (χ4n) is 3.28. The molecule has 0 radical (unpaired) electrons. The number of hydrogen-bond donors (Lipinski definition) is 1. The van der Waals surface area contributed by atoms with E-state index in [-0.39, 0.29) is 11.7 Å². The molecule has 9 nitrogen and oxygen atoms in total. The number of carboxylic acids is 1. The van der Waals surface area contributed by atoms with Gasteiger partial charge in [-0.1, -0.05) is 0 Å². The number of aromatic nitrogens is 4. The predicted molar refractivity (Wildman–Crippen MR) is 117 cm³/mol. The molecule has 3 heterocycles. The first-order chi connectivity index (χ1) is 16.5. The van der Waals surface area contributed by atoms with E-state index in [4.69, 9.17) is 14.9 Å². The molecule has 13 heteroatoms. The molecular weight excluding hydrogens is 472 g/mol. The topological polar surface area (TPSA) is 104 Å². The lowest BCUT2D eigenvalue weighted by Gasteiger charge is -2.21. The Kier molecular flexibility index (Phi) is 7.99. The van der Waals surface area contributed by atoms with Crippen LogP contribution in [-0.4, -0.2) is 74.0 Å². The second kappa shape index (κ2) is 10.9. The summed E-state index contributed by atoms with van der Waals surface area (Å²) in [5.41, 5.74) is 2.40. The number of aliphatic carboxylic acids is 1. The number of rotatable bonds is 3. The Bertz CT molecular complexity index is 1170. The summed E-state index contributed by atoms with van der Waals surface area (Å²) in [6.45, 7) is 4.55. The largest absolute Gasteiger partial charge is 0.490 e. The van der Waals surface area contributed by atoms with Gasteiger partial charge in [0.05, 0.1) is 17.6 Å². The van der Waals surface area contributed by atoms with Crippen molar-refractivity contribution in [3.05, 3.63) is 54.7 Å². The van der Waals surface area contributed by atoms with Crippen LogP contribution in [0.1, 0.15) is 13.3 Å². The molecule has 0 bridgehead atoms. The number of alkyl halides is 3. The van der Waals surface area contributed by atoms with Gasteiger partial charge in [0.15, 0.2) is 0 Å². The molecule has 186 valence electrons. The highest BCUT2D eigenvalue weighted by Gasteiger charge is 2.38. The van der Waals surface area contributed by atoms with Gasteiger partial charge in [-0.05, 0) is 36.8 Å². The van der Waals surface area contributed by atoms with E-state index in [1.165, 1.54) is 12.1 Å². The summed E-state index contributed by atoms with van der Waals surface area (Å²) in [6.07, 6.45) is 1.13. The normalized spacial score (nSPS) is 14.1. The Morgan fingerprint density at radius 1 is 1.03 bits per heavy atom. The van der Waals surface area contributed by atoms with E-state index in [1.807, 2.05) is 17.2 Å². The third-order valence-corrected chi connectivity index (χ3v) is 5.08. The minimum atomic E-state index is -5.08. The molecule has 1 amide bonds. The Labute approximate surface area is 197 Å². The number of carboxylic acid groups (broad SMARTS) is 1. The van der Waals surface area contributed by atoms with Gasteiger partial charge < -0.3 is 14.9 Å². The van der Waals surface area contributed by atoms with E-state index in [2.05, 4.69) is 15.0 Å². The van der Waals surface area contributed by atoms with E-state index in [0.717, 1.165) is 36.5 Å². The maximum absolute atomic E-state index is 13.1. The molecule has 0 unspecified atom stereocenters. The summed E-state index contributed by atoms with van der Waals surface area (Å²) in [5.74, 6) is -2.29. The number of benzene rings is 1. The van der Waals surface area contributed by atoms with E-state index < -0.39 is 12.1 Å². The van der Waals surface area contributed by atoms with Crippen LogP contribution in [0.3, 0.4) is 0 Å². The summed E-state index contributed by atoms with van der Waals surface area (Å²) >= 11 is 0. The van der Waals surface area contributed by atoms with Gasteiger partial charge in [0.1, 0.15) is 5.82 Å². The van der Waals surface area contributed by atoms with Crippen molar-refractivity contribution in [2.24, 2.45) is 0 Å². The molecule has 0 atom stereocenters. The number of anilines is 1. The van der Waals surface area contributed by atoms with Crippen LogP contribution in [0.2, 0.25) is 0 Å². The van der Waals surface area contributed by atoms with Crippen molar-refractivity contribution in [3.63, 3.8) is 0 Å². The highest BCUT2D eigenvalue weighted by molar-refractivity contribution is 5.73. The number of halogens is 4. The zero-order valence-electron chi connectivity index (χ0n) is 18.6. The van der Waals surface area contributed by atoms with Crippen LogP contribution in [0.5, 0.6) is 0 Å². The third-order valence-electron chi connectivity index (χ3n) is 5.08. The summed E-state index contributed by atoms with van der Waals surface area (Å²) < 4.78 is 46.5. The molecule has 0 saturated carbocycles. The smallest absolute Gasteiger partial charge is 0.475 e. The van der Waals surface area contributed by atoms with Crippen molar-refractivity contribution < 1.29 is 32.3 Å². The second-order valence-electron chi connectivity index (χ2n) is 7.54. The molecule has 4 rings (SSSR count). The number of amides is 1. The number of nitrogens with zero attached hydrogens (tertiary/aromatic N) is 6. The number of carbonyl (C=O) groups is 2.